The van der Waals surface area contributed by atoms with Crippen LogP contribution in [0.25, 0.3) is 0 Å². The number of benzene rings is 1. The molecule has 0 saturated heterocycles. The number of amides is 1. The summed E-state index contributed by atoms with van der Waals surface area (Å²) < 4.78 is 16.3. The predicted molar refractivity (Wildman–Crippen MR) is 97.4 cm³/mol. The highest BCUT2D eigenvalue weighted by Gasteiger charge is 2.25. The van der Waals surface area contributed by atoms with E-state index < -0.39 is 11.7 Å². The highest BCUT2D eigenvalue weighted by molar-refractivity contribution is 5.94. The van der Waals surface area contributed by atoms with Crippen LogP contribution in [0.1, 0.15) is 53.9 Å². The average molecular weight is 359 g/mol. The van der Waals surface area contributed by atoms with Crippen LogP contribution in [0.5, 0.6) is 0 Å². The molecule has 0 spiro atoms. The third-order valence-corrected chi connectivity index (χ3v) is 4.59. The molecule has 0 radical (unpaired) electrons. The van der Waals surface area contributed by atoms with Crippen LogP contribution < -0.4 is 10.6 Å². The number of halogens is 1. The summed E-state index contributed by atoms with van der Waals surface area (Å²) >= 11 is 0. The molecule has 1 amide bonds. The largest absolute Gasteiger partial charge is 0.342 e. The molecule has 2 heterocycles. The molecule has 1 aliphatic heterocycles. The van der Waals surface area contributed by atoms with Crippen molar-refractivity contribution < 1.29 is 9.18 Å². The second kappa shape index (κ2) is 7.95. The lowest BCUT2D eigenvalue weighted by molar-refractivity contribution is 0.0924. The van der Waals surface area contributed by atoms with Crippen molar-refractivity contribution in [3.8, 4) is 0 Å². The van der Waals surface area contributed by atoms with E-state index in [0.717, 1.165) is 43.3 Å². The molecule has 1 aliphatic rings. The van der Waals surface area contributed by atoms with Crippen LogP contribution in [-0.4, -0.2) is 33.8 Å². The van der Waals surface area contributed by atoms with Crippen molar-refractivity contribution in [3.63, 3.8) is 0 Å². The molecule has 2 N–H and O–H groups in total. The Morgan fingerprint density at radius 3 is 2.88 bits per heavy atom. The number of nitrogens with one attached hydrogen (secondary N) is 2. The smallest absolute Gasteiger partial charge is 0.254 e. The quantitative estimate of drug-likeness (QED) is 0.860. The molecule has 2 aromatic rings. The fourth-order valence-electron chi connectivity index (χ4n) is 3.29. The first-order valence-electron chi connectivity index (χ1n) is 9.15. The van der Waals surface area contributed by atoms with E-state index in [0.29, 0.717) is 12.3 Å². The van der Waals surface area contributed by atoms with Gasteiger partial charge in [0.15, 0.2) is 5.82 Å². The van der Waals surface area contributed by atoms with Crippen LogP contribution in [0.2, 0.25) is 0 Å². The standard InChI is InChI=1S/C19H26FN5O/c1-12(2)10-16(18-24-23-17-6-7-21-8-9-25(17)18)22-19(26)14-5-4-13(3)11-15(14)20/h4-5,11-12,16,21H,6-10H2,1-3H3,(H,22,26)/t16-/m1/s1. The number of hydrogen-bond donors (Lipinski definition) is 2. The van der Waals surface area contributed by atoms with Gasteiger partial charge in [0.25, 0.3) is 5.91 Å². The highest BCUT2D eigenvalue weighted by atomic mass is 19.1. The first-order chi connectivity index (χ1) is 12.5. The molecule has 1 aromatic carbocycles. The normalized spacial score (nSPS) is 15.4. The van der Waals surface area contributed by atoms with Gasteiger partial charge in [-0.1, -0.05) is 19.9 Å². The summed E-state index contributed by atoms with van der Waals surface area (Å²) in [5.41, 5.74) is 0.842. The van der Waals surface area contributed by atoms with Crippen LogP contribution in [0, 0.1) is 18.7 Å². The SMILES string of the molecule is Cc1ccc(C(=O)N[C@H](CC(C)C)c2nnc3n2CCNCC3)c(F)c1. The molecule has 140 valence electrons. The van der Waals surface area contributed by atoms with E-state index in [2.05, 4.69) is 39.2 Å². The first-order valence-corrected chi connectivity index (χ1v) is 9.15. The van der Waals surface area contributed by atoms with E-state index in [9.17, 15) is 9.18 Å². The Kier molecular flexibility index (Phi) is 5.66. The topological polar surface area (TPSA) is 71.8 Å². The van der Waals surface area contributed by atoms with Gasteiger partial charge >= 0.3 is 0 Å². The zero-order valence-corrected chi connectivity index (χ0v) is 15.6. The second-order valence-electron chi connectivity index (χ2n) is 7.26. The summed E-state index contributed by atoms with van der Waals surface area (Å²) in [5.74, 6) is 1.10. The van der Waals surface area contributed by atoms with Crippen LogP contribution in [-0.2, 0) is 13.0 Å². The molecule has 1 aromatic heterocycles. The second-order valence-corrected chi connectivity index (χ2v) is 7.26. The third-order valence-electron chi connectivity index (χ3n) is 4.59. The monoisotopic (exact) mass is 359 g/mol. The molecule has 6 nitrogen and oxygen atoms in total. The van der Waals surface area contributed by atoms with Crippen molar-refractivity contribution in [2.75, 3.05) is 13.1 Å². The van der Waals surface area contributed by atoms with Crippen molar-refractivity contribution in [1.29, 1.82) is 0 Å². The van der Waals surface area contributed by atoms with Gasteiger partial charge in [-0.3, -0.25) is 4.79 Å². The Bertz CT molecular complexity index is 786. The zero-order valence-electron chi connectivity index (χ0n) is 15.6. The predicted octanol–water partition coefficient (Wildman–Crippen LogP) is 2.39. The summed E-state index contributed by atoms with van der Waals surface area (Å²) in [6.07, 6.45) is 1.52. The lowest BCUT2D eigenvalue weighted by Gasteiger charge is -2.21. The Balaban J connectivity index is 1.87. The number of aromatic nitrogens is 3. The van der Waals surface area contributed by atoms with E-state index in [1.165, 1.54) is 12.1 Å². The minimum absolute atomic E-state index is 0.0571. The maximum atomic E-state index is 14.2. The van der Waals surface area contributed by atoms with E-state index in [-0.39, 0.29) is 11.6 Å². The van der Waals surface area contributed by atoms with E-state index in [4.69, 9.17) is 0 Å². The lowest BCUT2D eigenvalue weighted by atomic mass is 10.0. The highest BCUT2D eigenvalue weighted by Crippen LogP contribution is 2.22. The van der Waals surface area contributed by atoms with Crippen molar-refractivity contribution in [1.82, 2.24) is 25.4 Å². The minimum Gasteiger partial charge on any atom is -0.342 e. The number of nitrogens with zero attached hydrogens (tertiary/aromatic N) is 3. The van der Waals surface area contributed by atoms with Gasteiger partial charge in [-0.25, -0.2) is 4.39 Å². The van der Waals surface area contributed by atoms with Crippen LogP contribution in [0.3, 0.4) is 0 Å². The van der Waals surface area contributed by atoms with Crippen LogP contribution >= 0.6 is 0 Å². The molecule has 7 heteroatoms. The Labute approximate surface area is 153 Å². The van der Waals surface area contributed by atoms with Crippen molar-refractivity contribution >= 4 is 5.91 Å². The number of carbonyl (C=O) groups excluding carboxylic acids is 1. The molecule has 0 unspecified atom stereocenters. The molecule has 3 rings (SSSR count). The maximum absolute atomic E-state index is 14.2. The van der Waals surface area contributed by atoms with E-state index in [1.54, 1.807) is 13.0 Å². The maximum Gasteiger partial charge on any atom is 0.254 e. The van der Waals surface area contributed by atoms with Crippen molar-refractivity contribution in [2.45, 2.75) is 46.2 Å². The molecular weight excluding hydrogens is 333 g/mol. The zero-order chi connectivity index (χ0) is 18.7. The van der Waals surface area contributed by atoms with Gasteiger partial charge in [0.05, 0.1) is 11.6 Å². The fraction of sp³-hybridized carbons (Fsp3) is 0.526. The van der Waals surface area contributed by atoms with Gasteiger partial charge in [0.1, 0.15) is 11.6 Å². The van der Waals surface area contributed by atoms with Crippen LogP contribution in [0.4, 0.5) is 4.39 Å². The van der Waals surface area contributed by atoms with Gasteiger partial charge in [0, 0.05) is 26.1 Å². The van der Waals surface area contributed by atoms with E-state index >= 15 is 0 Å². The van der Waals surface area contributed by atoms with Crippen molar-refractivity contribution in [3.05, 3.63) is 46.8 Å². The fourth-order valence-corrected chi connectivity index (χ4v) is 3.29. The van der Waals surface area contributed by atoms with E-state index in [1.807, 2.05) is 0 Å². The summed E-state index contributed by atoms with van der Waals surface area (Å²) in [6, 6.07) is 4.34. The summed E-state index contributed by atoms with van der Waals surface area (Å²) in [4.78, 5) is 12.7. The first kappa shape index (κ1) is 18.5. The number of carbonyl (C=O) groups is 1. The molecular formula is C19H26FN5O. The van der Waals surface area contributed by atoms with Gasteiger partial charge in [-0.2, -0.15) is 0 Å². The molecule has 0 fully saturated rings. The number of aryl methyl sites for hydroxylation is 1. The molecule has 26 heavy (non-hydrogen) atoms. The van der Waals surface area contributed by atoms with Crippen LogP contribution in [0.15, 0.2) is 18.2 Å². The number of hydrogen-bond acceptors (Lipinski definition) is 4. The molecule has 1 atom stereocenters. The van der Waals surface area contributed by atoms with Gasteiger partial charge in [0.2, 0.25) is 0 Å². The number of fused-ring (bicyclic) bond motifs is 1. The average Bonchev–Trinajstić information content (AvgIpc) is 2.82. The lowest BCUT2D eigenvalue weighted by Crippen LogP contribution is -2.32. The Hall–Kier alpha value is -2.28. The van der Waals surface area contributed by atoms with Crippen molar-refractivity contribution in [2.24, 2.45) is 5.92 Å². The van der Waals surface area contributed by atoms with Gasteiger partial charge < -0.3 is 15.2 Å². The summed E-state index contributed by atoms with van der Waals surface area (Å²) in [7, 11) is 0. The van der Waals surface area contributed by atoms with Gasteiger partial charge in [-0.15, -0.1) is 10.2 Å². The number of rotatable bonds is 5. The summed E-state index contributed by atoms with van der Waals surface area (Å²) in [5, 5.41) is 15.0. The molecule has 0 saturated carbocycles. The third kappa shape index (κ3) is 4.09. The summed E-state index contributed by atoms with van der Waals surface area (Å²) in [6.45, 7) is 8.45. The van der Waals surface area contributed by atoms with Gasteiger partial charge in [-0.05, 0) is 37.0 Å². The Morgan fingerprint density at radius 2 is 2.15 bits per heavy atom. The minimum atomic E-state index is -0.505. The molecule has 0 bridgehead atoms. The Morgan fingerprint density at radius 1 is 1.35 bits per heavy atom. The molecule has 0 aliphatic carbocycles.